The summed E-state index contributed by atoms with van der Waals surface area (Å²) in [5, 5.41) is 12.1. The first-order valence-corrected chi connectivity index (χ1v) is 15.0. The summed E-state index contributed by atoms with van der Waals surface area (Å²) >= 11 is 0. The molecule has 0 bridgehead atoms. The van der Waals surface area contributed by atoms with E-state index in [-0.39, 0.29) is 17.2 Å². The van der Waals surface area contributed by atoms with Crippen LogP contribution in [0.4, 0.5) is 0 Å². The molecule has 0 unspecified atom stereocenters. The van der Waals surface area contributed by atoms with Gasteiger partial charge >= 0.3 is 0 Å². The van der Waals surface area contributed by atoms with Crippen molar-refractivity contribution in [2.45, 2.75) is 76.8 Å². The Morgan fingerprint density at radius 1 is 1.25 bits per heavy atom. The Bertz CT molecular complexity index is 348. The second-order valence-electron chi connectivity index (χ2n) is 8.40. The smallest absolute Gasteiger partial charge is 0.106 e. The van der Waals surface area contributed by atoms with E-state index in [1.807, 2.05) is 0 Å². The van der Waals surface area contributed by atoms with Crippen molar-refractivity contribution in [1.29, 1.82) is 0 Å². The Labute approximate surface area is 127 Å². The van der Waals surface area contributed by atoms with Gasteiger partial charge in [0.2, 0.25) is 0 Å². The third-order valence-corrected chi connectivity index (χ3v) is 10.3. The summed E-state index contributed by atoms with van der Waals surface area (Å²) in [6, 6.07) is 0. The van der Waals surface area contributed by atoms with E-state index < -0.39 is 16.1 Å². The first-order chi connectivity index (χ1) is 8.97. The van der Waals surface area contributed by atoms with Crippen molar-refractivity contribution in [3.8, 4) is 0 Å². The molecule has 118 valence electrons. The Kier molecular flexibility index (Phi) is 5.51. The molecule has 0 spiro atoms. The van der Waals surface area contributed by atoms with Crippen molar-refractivity contribution in [2.24, 2.45) is 5.92 Å². The molecule has 1 heterocycles. The van der Waals surface area contributed by atoms with E-state index in [1.165, 1.54) is 11.6 Å². The van der Waals surface area contributed by atoms with Crippen LogP contribution >= 0.6 is 0 Å². The maximum absolute atomic E-state index is 11.1. The van der Waals surface area contributed by atoms with Crippen LogP contribution in [0.15, 0.2) is 11.8 Å². The quantitative estimate of drug-likeness (QED) is 0.537. The van der Waals surface area contributed by atoms with Crippen molar-refractivity contribution >= 4 is 16.1 Å². The van der Waals surface area contributed by atoms with Gasteiger partial charge in [0.05, 0.1) is 28.9 Å². The Balaban J connectivity index is 2.97. The molecular weight excluding hydrogens is 280 g/mol. The molecule has 0 amide bonds. The van der Waals surface area contributed by atoms with Crippen molar-refractivity contribution in [1.82, 2.24) is 0 Å². The summed E-state index contributed by atoms with van der Waals surface area (Å²) < 4.78 is 5.83. The lowest BCUT2D eigenvalue weighted by molar-refractivity contribution is 0.0680. The lowest BCUT2D eigenvalue weighted by atomic mass is 9.93. The van der Waals surface area contributed by atoms with Crippen molar-refractivity contribution in [3.05, 3.63) is 11.8 Å². The number of hydrogen-bond acceptors (Lipinski definition) is 2. The molecular formula is C16H34O2Si2. The van der Waals surface area contributed by atoms with Crippen LogP contribution in [0.2, 0.25) is 39.3 Å². The monoisotopic (exact) mass is 314 g/mol. The van der Waals surface area contributed by atoms with Crippen molar-refractivity contribution < 1.29 is 9.84 Å². The van der Waals surface area contributed by atoms with E-state index in [4.69, 9.17) is 4.74 Å². The number of unbranched alkanes of at least 4 members (excludes halogenated alkanes) is 1. The van der Waals surface area contributed by atoms with Crippen LogP contribution < -0.4 is 0 Å². The molecule has 0 radical (unpaired) electrons. The second-order valence-corrected chi connectivity index (χ2v) is 18.9. The van der Waals surface area contributed by atoms with E-state index in [9.17, 15) is 5.11 Å². The molecule has 1 rings (SSSR count). The maximum Gasteiger partial charge on any atom is 0.106 e. The maximum atomic E-state index is 11.1. The largest absolute Gasteiger partial charge is 0.390 e. The zero-order chi connectivity index (χ0) is 15.8. The Morgan fingerprint density at radius 2 is 1.75 bits per heavy atom. The third-order valence-electron chi connectivity index (χ3n) is 4.86. The third kappa shape index (κ3) is 3.64. The number of aliphatic hydroxyl groups is 1. The molecule has 0 aliphatic carbocycles. The van der Waals surface area contributed by atoms with Gasteiger partial charge in [-0.25, -0.2) is 0 Å². The van der Waals surface area contributed by atoms with E-state index in [1.54, 1.807) is 0 Å². The fourth-order valence-electron chi connectivity index (χ4n) is 2.95. The minimum absolute atomic E-state index is 0.218. The van der Waals surface area contributed by atoms with Gasteiger partial charge in [0.1, 0.15) is 5.22 Å². The Hall–Kier alpha value is 0.0938. The molecule has 1 N–H and O–H groups in total. The van der Waals surface area contributed by atoms with Gasteiger partial charge in [-0.05, 0) is 6.42 Å². The van der Waals surface area contributed by atoms with Crippen molar-refractivity contribution in [3.63, 3.8) is 0 Å². The minimum Gasteiger partial charge on any atom is -0.390 e. The average Bonchev–Trinajstić information content (AvgIpc) is 3.07. The number of ether oxygens (including phenoxy) is 1. The molecule has 4 heteroatoms. The number of aliphatic hydroxyl groups excluding tert-OH is 1. The molecule has 0 aromatic carbocycles. The molecule has 0 aromatic heterocycles. The molecule has 1 fully saturated rings. The summed E-state index contributed by atoms with van der Waals surface area (Å²) in [4.78, 5) is 0. The van der Waals surface area contributed by atoms with Crippen LogP contribution in [-0.4, -0.2) is 39.2 Å². The molecule has 0 saturated carbocycles. The highest BCUT2D eigenvalue weighted by Crippen LogP contribution is 2.45. The summed E-state index contributed by atoms with van der Waals surface area (Å²) in [5.41, 5.74) is 0. The van der Waals surface area contributed by atoms with E-state index >= 15 is 0 Å². The first-order valence-electron chi connectivity index (χ1n) is 7.98. The van der Waals surface area contributed by atoms with Crippen LogP contribution in [-0.2, 0) is 4.74 Å². The van der Waals surface area contributed by atoms with Gasteiger partial charge in [-0.2, -0.15) is 0 Å². The first kappa shape index (κ1) is 18.1. The normalized spacial score (nSPS) is 26.2. The van der Waals surface area contributed by atoms with Crippen LogP contribution in [0, 0.1) is 5.92 Å². The molecule has 1 aliphatic heterocycles. The van der Waals surface area contributed by atoms with Gasteiger partial charge in [0.15, 0.2) is 0 Å². The fourth-order valence-corrected chi connectivity index (χ4v) is 6.39. The SMILES string of the molecule is C=C([C@H](CCCC)[C@@H](O)[C@]1([Si](C)(C)C)CO1)[Si](C)(C)C. The van der Waals surface area contributed by atoms with Gasteiger partial charge in [-0.15, -0.1) is 6.58 Å². The summed E-state index contributed by atoms with van der Waals surface area (Å²) in [5.74, 6) is 0.218. The van der Waals surface area contributed by atoms with Gasteiger partial charge in [-0.3, -0.25) is 0 Å². The predicted molar refractivity (Wildman–Crippen MR) is 93.5 cm³/mol. The minimum atomic E-state index is -1.54. The number of hydrogen-bond donors (Lipinski definition) is 1. The van der Waals surface area contributed by atoms with Gasteiger partial charge in [-0.1, -0.05) is 64.2 Å². The van der Waals surface area contributed by atoms with Gasteiger partial charge in [0, 0.05) is 5.92 Å². The van der Waals surface area contributed by atoms with Crippen LogP contribution in [0.5, 0.6) is 0 Å². The zero-order valence-corrected chi connectivity index (χ0v) is 16.5. The molecule has 0 aromatic rings. The molecule has 2 nitrogen and oxygen atoms in total. The van der Waals surface area contributed by atoms with Crippen molar-refractivity contribution in [2.75, 3.05) is 6.61 Å². The highest BCUT2D eigenvalue weighted by molar-refractivity contribution is 6.83. The molecule has 20 heavy (non-hydrogen) atoms. The average molecular weight is 315 g/mol. The van der Waals surface area contributed by atoms with Gasteiger partial charge < -0.3 is 9.84 Å². The summed E-state index contributed by atoms with van der Waals surface area (Å²) in [7, 11) is -2.98. The van der Waals surface area contributed by atoms with Crippen LogP contribution in [0.25, 0.3) is 0 Å². The summed E-state index contributed by atoms with van der Waals surface area (Å²) in [6.45, 7) is 21.2. The van der Waals surface area contributed by atoms with Crippen LogP contribution in [0.3, 0.4) is 0 Å². The second kappa shape index (κ2) is 6.07. The van der Waals surface area contributed by atoms with E-state index in [0.717, 1.165) is 19.4 Å². The molecule has 3 atom stereocenters. The predicted octanol–water partition coefficient (Wildman–Crippen LogP) is 4.23. The lowest BCUT2D eigenvalue weighted by Crippen LogP contribution is -2.54. The summed E-state index contributed by atoms with van der Waals surface area (Å²) in [6.07, 6.45) is 3.02. The lowest BCUT2D eigenvalue weighted by Gasteiger charge is -2.38. The number of rotatable bonds is 8. The fraction of sp³-hybridized carbons (Fsp3) is 0.875. The molecule has 1 saturated heterocycles. The van der Waals surface area contributed by atoms with Crippen LogP contribution in [0.1, 0.15) is 26.2 Å². The highest BCUT2D eigenvalue weighted by Gasteiger charge is 2.62. The van der Waals surface area contributed by atoms with E-state index in [2.05, 4.69) is 52.8 Å². The Morgan fingerprint density at radius 3 is 2.05 bits per heavy atom. The highest BCUT2D eigenvalue weighted by atomic mass is 28.3. The van der Waals surface area contributed by atoms with E-state index in [0.29, 0.717) is 0 Å². The standard InChI is InChI=1S/C16H34O2Si2/c1-9-10-11-14(13(2)19(3,4)5)15(17)16(12-18-16)20(6,7)8/h14-15,17H,2,9-12H2,1,3-8H3/t14-,15+,16+/m0/s1. The topological polar surface area (TPSA) is 32.8 Å². The molecule has 1 aliphatic rings. The number of epoxide rings is 1. The van der Waals surface area contributed by atoms with Gasteiger partial charge in [0.25, 0.3) is 0 Å². The zero-order valence-electron chi connectivity index (χ0n) is 14.5.